The van der Waals surface area contributed by atoms with Crippen LogP contribution in [-0.4, -0.2) is 37.5 Å². The Morgan fingerprint density at radius 2 is 1.77 bits per heavy atom. The summed E-state index contributed by atoms with van der Waals surface area (Å²) in [6, 6.07) is 11.1. The van der Waals surface area contributed by atoms with Gasteiger partial charge in [0, 0.05) is 18.2 Å². The van der Waals surface area contributed by atoms with Crippen molar-refractivity contribution in [3.05, 3.63) is 78.7 Å². The van der Waals surface area contributed by atoms with Crippen LogP contribution in [0, 0.1) is 20.2 Å². The van der Waals surface area contributed by atoms with Crippen LogP contribution in [0.5, 0.6) is 5.75 Å². The zero-order chi connectivity index (χ0) is 21.8. The second-order valence-corrected chi connectivity index (χ2v) is 7.33. The van der Waals surface area contributed by atoms with Gasteiger partial charge in [-0.05, 0) is 36.2 Å². The number of thioether (sulfide) groups is 1. The molecular weight excluding hydrogens is 414 g/mol. The molecule has 0 aromatic heterocycles. The van der Waals surface area contributed by atoms with Crippen LogP contribution in [0.1, 0.15) is 17.5 Å². The lowest BCUT2D eigenvalue weighted by molar-refractivity contribution is -0.394. The summed E-state index contributed by atoms with van der Waals surface area (Å²) >= 11 is 0.608. The van der Waals surface area contributed by atoms with Crippen molar-refractivity contribution < 1.29 is 24.5 Å². The minimum absolute atomic E-state index is 0.0789. The Labute approximate surface area is 174 Å². The Morgan fingerprint density at radius 3 is 2.40 bits per heavy atom. The predicted octanol–water partition coefficient (Wildman–Crippen LogP) is 3.88. The standard InChI is InChI=1S/C19H15N3O7S/c23-17-13(9-14(21(26)27)11-15(17)22(28)29)10-16-18(24)20(19(25)30-16)8-4-7-12-5-2-1-3-6-12/h1-3,5-6,9-11,23H,4,7-8H2/b16-10+. The third kappa shape index (κ3) is 4.46. The van der Waals surface area contributed by atoms with Gasteiger partial charge in [-0.1, -0.05) is 30.3 Å². The van der Waals surface area contributed by atoms with Crippen molar-refractivity contribution in [2.24, 2.45) is 0 Å². The number of nitrogens with zero attached hydrogens (tertiary/aromatic N) is 3. The van der Waals surface area contributed by atoms with Crippen molar-refractivity contribution >= 4 is 40.4 Å². The molecule has 0 atom stereocenters. The van der Waals surface area contributed by atoms with Crippen LogP contribution in [0.3, 0.4) is 0 Å². The van der Waals surface area contributed by atoms with Crippen LogP contribution in [0.4, 0.5) is 16.2 Å². The van der Waals surface area contributed by atoms with Gasteiger partial charge in [0.1, 0.15) is 0 Å². The first kappa shape index (κ1) is 21.0. The van der Waals surface area contributed by atoms with E-state index in [0.29, 0.717) is 30.7 Å². The molecule has 1 heterocycles. The van der Waals surface area contributed by atoms with Gasteiger partial charge in [0.05, 0.1) is 20.8 Å². The molecule has 2 aromatic rings. The number of aryl methyl sites for hydroxylation is 1. The first-order chi connectivity index (χ1) is 14.3. The molecule has 1 N–H and O–H groups in total. The molecule has 0 unspecified atom stereocenters. The summed E-state index contributed by atoms with van der Waals surface area (Å²) in [5.41, 5.74) is -0.704. The van der Waals surface area contributed by atoms with Crippen LogP contribution in [-0.2, 0) is 11.2 Å². The Hall–Kier alpha value is -3.73. The van der Waals surface area contributed by atoms with E-state index >= 15 is 0 Å². The van der Waals surface area contributed by atoms with Crippen LogP contribution in [0.25, 0.3) is 6.08 Å². The fourth-order valence-electron chi connectivity index (χ4n) is 2.90. The SMILES string of the molecule is O=C1S/C(=C/c2cc([N+](=O)[O-])cc([N+](=O)[O-])c2O)C(=O)N1CCCc1ccccc1. The summed E-state index contributed by atoms with van der Waals surface area (Å²) in [7, 11) is 0. The van der Waals surface area contributed by atoms with Gasteiger partial charge < -0.3 is 5.11 Å². The van der Waals surface area contributed by atoms with E-state index in [0.717, 1.165) is 22.6 Å². The molecule has 1 fully saturated rings. The molecule has 0 aliphatic carbocycles. The molecule has 2 amide bonds. The fourth-order valence-corrected chi connectivity index (χ4v) is 3.76. The first-order valence-electron chi connectivity index (χ1n) is 8.73. The topological polar surface area (TPSA) is 144 Å². The van der Waals surface area contributed by atoms with Crippen molar-refractivity contribution in [3.8, 4) is 5.75 Å². The maximum Gasteiger partial charge on any atom is 0.318 e. The number of phenols is 1. The van der Waals surface area contributed by atoms with E-state index in [-0.39, 0.29) is 17.0 Å². The van der Waals surface area contributed by atoms with E-state index in [2.05, 4.69) is 0 Å². The van der Waals surface area contributed by atoms with Crippen molar-refractivity contribution in [2.75, 3.05) is 6.54 Å². The molecule has 1 saturated heterocycles. The van der Waals surface area contributed by atoms with Gasteiger partial charge in [-0.3, -0.25) is 34.7 Å². The van der Waals surface area contributed by atoms with Crippen LogP contribution < -0.4 is 0 Å². The number of imide groups is 1. The zero-order valence-corrected chi connectivity index (χ0v) is 16.2. The molecule has 0 bridgehead atoms. The number of non-ortho nitro benzene ring substituents is 1. The number of carbonyl (C=O) groups excluding carboxylic acids is 2. The highest BCUT2D eigenvalue weighted by Gasteiger charge is 2.35. The van der Waals surface area contributed by atoms with E-state index in [4.69, 9.17) is 0 Å². The van der Waals surface area contributed by atoms with Crippen molar-refractivity contribution in [1.82, 2.24) is 4.90 Å². The van der Waals surface area contributed by atoms with Gasteiger partial charge in [0.25, 0.3) is 16.8 Å². The van der Waals surface area contributed by atoms with E-state index in [1.165, 1.54) is 0 Å². The summed E-state index contributed by atoms with van der Waals surface area (Å²) in [6.07, 6.45) is 2.26. The molecule has 0 spiro atoms. The number of carbonyl (C=O) groups is 2. The Morgan fingerprint density at radius 1 is 1.07 bits per heavy atom. The molecule has 30 heavy (non-hydrogen) atoms. The lowest BCUT2D eigenvalue weighted by atomic mass is 10.1. The molecule has 0 saturated carbocycles. The Kier molecular flexibility index (Phi) is 6.11. The number of nitro benzene ring substituents is 2. The molecule has 2 aromatic carbocycles. The number of phenolic OH excluding ortho intramolecular Hbond substituents is 1. The average molecular weight is 429 g/mol. The van der Waals surface area contributed by atoms with Gasteiger partial charge in [0.2, 0.25) is 5.75 Å². The highest BCUT2D eigenvalue weighted by Crippen LogP contribution is 2.39. The summed E-state index contributed by atoms with van der Waals surface area (Å²) in [5, 5.41) is 31.7. The number of rotatable bonds is 7. The highest BCUT2D eigenvalue weighted by molar-refractivity contribution is 8.18. The summed E-state index contributed by atoms with van der Waals surface area (Å²) < 4.78 is 0. The van der Waals surface area contributed by atoms with E-state index in [1.54, 1.807) is 0 Å². The van der Waals surface area contributed by atoms with Crippen LogP contribution in [0.15, 0.2) is 47.4 Å². The van der Waals surface area contributed by atoms with E-state index < -0.39 is 38.1 Å². The van der Waals surface area contributed by atoms with Gasteiger partial charge in [-0.2, -0.15) is 0 Å². The number of aromatic hydroxyl groups is 1. The Bertz CT molecular complexity index is 1070. The van der Waals surface area contributed by atoms with E-state index in [9.17, 15) is 34.9 Å². The van der Waals surface area contributed by atoms with Gasteiger partial charge in [0.15, 0.2) is 0 Å². The van der Waals surface area contributed by atoms with Gasteiger partial charge >= 0.3 is 5.69 Å². The molecular formula is C19H15N3O7S. The van der Waals surface area contributed by atoms with E-state index in [1.807, 2.05) is 30.3 Å². The third-order valence-corrected chi connectivity index (χ3v) is 5.27. The smallest absolute Gasteiger partial charge is 0.318 e. The van der Waals surface area contributed by atoms with Crippen molar-refractivity contribution in [2.45, 2.75) is 12.8 Å². The number of nitro groups is 2. The van der Waals surface area contributed by atoms with Crippen LogP contribution in [0.2, 0.25) is 0 Å². The fraction of sp³-hybridized carbons (Fsp3) is 0.158. The van der Waals surface area contributed by atoms with Gasteiger partial charge in [-0.15, -0.1) is 0 Å². The second kappa shape index (κ2) is 8.74. The number of hydrogen-bond donors (Lipinski definition) is 1. The van der Waals surface area contributed by atoms with Crippen molar-refractivity contribution in [1.29, 1.82) is 0 Å². The minimum Gasteiger partial charge on any atom is -0.502 e. The number of benzene rings is 2. The summed E-state index contributed by atoms with van der Waals surface area (Å²) in [4.78, 5) is 46.0. The average Bonchev–Trinajstić information content (AvgIpc) is 2.97. The highest BCUT2D eigenvalue weighted by atomic mass is 32.2. The third-order valence-electron chi connectivity index (χ3n) is 4.36. The van der Waals surface area contributed by atoms with Crippen LogP contribution >= 0.6 is 11.8 Å². The summed E-state index contributed by atoms with van der Waals surface area (Å²) in [6.45, 7) is 0.179. The molecule has 154 valence electrons. The quantitative estimate of drug-likeness (QED) is 0.397. The summed E-state index contributed by atoms with van der Waals surface area (Å²) in [5.74, 6) is -1.44. The van der Waals surface area contributed by atoms with Gasteiger partial charge in [-0.25, -0.2) is 0 Å². The first-order valence-corrected chi connectivity index (χ1v) is 9.54. The van der Waals surface area contributed by atoms with Crippen molar-refractivity contribution in [3.63, 3.8) is 0 Å². The Balaban J connectivity index is 1.81. The molecule has 10 nitrogen and oxygen atoms in total. The lowest BCUT2D eigenvalue weighted by Gasteiger charge is -2.12. The largest absolute Gasteiger partial charge is 0.502 e. The molecule has 1 aliphatic heterocycles. The second-order valence-electron chi connectivity index (χ2n) is 6.34. The molecule has 0 radical (unpaired) electrons. The number of hydrogen-bond acceptors (Lipinski definition) is 8. The maximum atomic E-state index is 12.6. The predicted molar refractivity (Wildman–Crippen MR) is 109 cm³/mol. The molecule has 11 heteroatoms. The zero-order valence-electron chi connectivity index (χ0n) is 15.4. The molecule has 1 aliphatic rings. The number of amides is 2. The molecule has 3 rings (SSSR count). The normalized spacial score (nSPS) is 15.1. The minimum atomic E-state index is -0.963. The lowest BCUT2D eigenvalue weighted by Crippen LogP contribution is -2.29. The monoisotopic (exact) mass is 429 g/mol. The maximum absolute atomic E-state index is 12.6.